The molecule has 4 rings (SSSR count). The number of rotatable bonds is 7. The number of carbonyl (C=O) groups excluding carboxylic acids is 2. The van der Waals surface area contributed by atoms with Crippen LogP contribution < -0.4 is 10.6 Å². The fourth-order valence-electron chi connectivity index (χ4n) is 4.09. The van der Waals surface area contributed by atoms with E-state index in [1.54, 1.807) is 12.1 Å². The molecule has 1 aliphatic rings. The topological polar surface area (TPSA) is 106 Å². The number of para-hydroxylation sites is 1. The van der Waals surface area contributed by atoms with Gasteiger partial charge in [-0.25, -0.2) is 4.39 Å². The van der Waals surface area contributed by atoms with Gasteiger partial charge in [-0.1, -0.05) is 29.4 Å². The Labute approximate surface area is 190 Å². The quantitative estimate of drug-likeness (QED) is 0.484. The average Bonchev–Trinajstić information content (AvgIpc) is 3.30. The van der Waals surface area contributed by atoms with Crippen molar-refractivity contribution in [2.45, 2.75) is 38.0 Å². The van der Waals surface area contributed by atoms with E-state index in [0.717, 1.165) is 25.7 Å². The van der Waals surface area contributed by atoms with Crippen LogP contribution in [0.3, 0.4) is 0 Å². The van der Waals surface area contributed by atoms with Crippen molar-refractivity contribution in [3.63, 3.8) is 0 Å². The third-order valence-electron chi connectivity index (χ3n) is 5.90. The molecule has 8 nitrogen and oxygen atoms in total. The maximum Gasteiger partial charge on any atom is 0.320 e. The minimum Gasteiger partial charge on any atom is -0.469 e. The molecule has 1 heterocycles. The number of amides is 1. The van der Waals surface area contributed by atoms with Crippen molar-refractivity contribution in [3.05, 3.63) is 65.8 Å². The zero-order chi connectivity index (χ0) is 23.2. The zero-order valence-electron chi connectivity index (χ0n) is 18.2. The van der Waals surface area contributed by atoms with E-state index in [4.69, 9.17) is 9.15 Å². The van der Waals surface area contributed by atoms with Crippen LogP contribution in [0.4, 0.5) is 21.8 Å². The number of halogens is 1. The summed E-state index contributed by atoms with van der Waals surface area (Å²) in [6.07, 6.45) is 4.53. The van der Waals surface area contributed by atoms with Crippen LogP contribution in [0.25, 0.3) is 0 Å². The second kappa shape index (κ2) is 10.2. The SMILES string of the molecule is COC(=O)CC1CCC(c2ccc(NC(=O)c3nnc(Nc4ccccc4F)o3)cc2)CC1. The fraction of sp³-hybridized carbons (Fsp3) is 0.333. The molecule has 0 aliphatic heterocycles. The van der Waals surface area contributed by atoms with Crippen molar-refractivity contribution in [3.8, 4) is 0 Å². The van der Waals surface area contributed by atoms with Crippen LogP contribution >= 0.6 is 0 Å². The molecule has 172 valence electrons. The monoisotopic (exact) mass is 452 g/mol. The Morgan fingerprint density at radius 3 is 2.48 bits per heavy atom. The molecular formula is C24H25FN4O4. The Balaban J connectivity index is 1.30. The predicted molar refractivity (Wildman–Crippen MR) is 120 cm³/mol. The highest BCUT2D eigenvalue weighted by atomic mass is 19.1. The molecule has 0 atom stereocenters. The van der Waals surface area contributed by atoms with E-state index in [-0.39, 0.29) is 23.6 Å². The maximum absolute atomic E-state index is 13.7. The van der Waals surface area contributed by atoms with Gasteiger partial charge >= 0.3 is 23.8 Å². The highest BCUT2D eigenvalue weighted by Gasteiger charge is 2.24. The second-order valence-corrected chi connectivity index (χ2v) is 8.09. The number of ether oxygens (including phenoxy) is 1. The summed E-state index contributed by atoms with van der Waals surface area (Å²) in [5.74, 6) is -0.582. The van der Waals surface area contributed by atoms with Crippen molar-refractivity contribution >= 4 is 29.3 Å². The van der Waals surface area contributed by atoms with Gasteiger partial charge in [0.15, 0.2) is 0 Å². The third kappa shape index (κ3) is 5.74. The van der Waals surface area contributed by atoms with Gasteiger partial charge in [-0.15, -0.1) is 5.10 Å². The van der Waals surface area contributed by atoms with Gasteiger partial charge in [0.1, 0.15) is 5.82 Å². The summed E-state index contributed by atoms with van der Waals surface area (Å²) >= 11 is 0. The van der Waals surface area contributed by atoms with Crippen LogP contribution in [0.15, 0.2) is 52.9 Å². The van der Waals surface area contributed by atoms with Gasteiger partial charge in [0, 0.05) is 12.1 Å². The Morgan fingerprint density at radius 2 is 1.79 bits per heavy atom. The number of benzene rings is 2. The lowest BCUT2D eigenvalue weighted by Gasteiger charge is -2.28. The predicted octanol–water partition coefficient (Wildman–Crippen LogP) is 5.04. The van der Waals surface area contributed by atoms with Crippen LogP contribution in [0.2, 0.25) is 0 Å². The lowest BCUT2D eigenvalue weighted by Crippen LogP contribution is -2.17. The number of methoxy groups -OCH3 is 1. The molecule has 2 N–H and O–H groups in total. The third-order valence-corrected chi connectivity index (χ3v) is 5.90. The molecule has 0 radical (unpaired) electrons. The first-order chi connectivity index (χ1) is 16.0. The van der Waals surface area contributed by atoms with Gasteiger partial charge in [0.05, 0.1) is 12.8 Å². The van der Waals surface area contributed by atoms with Gasteiger partial charge < -0.3 is 19.8 Å². The van der Waals surface area contributed by atoms with E-state index < -0.39 is 11.7 Å². The highest BCUT2D eigenvalue weighted by molar-refractivity contribution is 6.00. The first-order valence-electron chi connectivity index (χ1n) is 10.8. The van der Waals surface area contributed by atoms with Crippen LogP contribution in [-0.4, -0.2) is 29.2 Å². The molecule has 2 aromatic carbocycles. The molecule has 1 aliphatic carbocycles. The summed E-state index contributed by atoms with van der Waals surface area (Å²) in [5, 5.41) is 12.8. The molecule has 1 saturated carbocycles. The van der Waals surface area contributed by atoms with Crippen LogP contribution in [0.5, 0.6) is 0 Å². The van der Waals surface area contributed by atoms with Crippen molar-refractivity contribution in [2.24, 2.45) is 5.92 Å². The van der Waals surface area contributed by atoms with Crippen molar-refractivity contribution in [1.29, 1.82) is 0 Å². The molecule has 1 fully saturated rings. The molecule has 1 aromatic heterocycles. The van der Waals surface area contributed by atoms with Gasteiger partial charge in [-0.05, 0) is 67.3 Å². The highest BCUT2D eigenvalue weighted by Crippen LogP contribution is 2.37. The molecule has 0 bridgehead atoms. The van der Waals surface area contributed by atoms with Gasteiger partial charge in [0.25, 0.3) is 0 Å². The number of carbonyl (C=O) groups is 2. The Hall–Kier alpha value is -3.75. The van der Waals surface area contributed by atoms with E-state index in [2.05, 4.69) is 20.8 Å². The smallest absolute Gasteiger partial charge is 0.320 e. The molecule has 9 heteroatoms. The zero-order valence-corrected chi connectivity index (χ0v) is 18.2. The number of nitrogens with zero attached hydrogens (tertiary/aromatic N) is 2. The number of hydrogen-bond donors (Lipinski definition) is 2. The van der Waals surface area contributed by atoms with Crippen molar-refractivity contribution in [2.75, 3.05) is 17.7 Å². The summed E-state index contributed by atoms with van der Waals surface area (Å²) < 4.78 is 23.8. The number of hydrogen-bond acceptors (Lipinski definition) is 7. The first-order valence-corrected chi connectivity index (χ1v) is 10.8. The Bertz CT molecular complexity index is 1110. The molecule has 0 unspecified atom stereocenters. The molecule has 33 heavy (non-hydrogen) atoms. The van der Waals surface area contributed by atoms with E-state index in [1.807, 2.05) is 24.3 Å². The van der Waals surface area contributed by atoms with E-state index >= 15 is 0 Å². The van der Waals surface area contributed by atoms with Gasteiger partial charge in [-0.3, -0.25) is 9.59 Å². The Morgan fingerprint density at radius 1 is 1.06 bits per heavy atom. The Kier molecular flexibility index (Phi) is 6.97. The molecule has 3 aromatic rings. The second-order valence-electron chi connectivity index (χ2n) is 8.09. The summed E-state index contributed by atoms with van der Waals surface area (Å²) in [4.78, 5) is 23.9. The fourth-order valence-corrected chi connectivity index (χ4v) is 4.09. The summed E-state index contributed by atoms with van der Waals surface area (Å²) in [7, 11) is 1.43. The normalized spacial score (nSPS) is 17.9. The number of nitrogens with one attached hydrogen (secondary N) is 2. The molecule has 0 saturated heterocycles. The lowest BCUT2D eigenvalue weighted by atomic mass is 9.77. The number of esters is 1. The van der Waals surface area contributed by atoms with Crippen LogP contribution in [0.1, 0.15) is 54.3 Å². The van der Waals surface area contributed by atoms with Gasteiger partial charge in [-0.2, -0.15) is 0 Å². The van der Waals surface area contributed by atoms with Gasteiger partial charge in [0.2, 0.25) is 0 Å². The standard InChI is InChI=1S/C24H25FN4O4/c1-32-21(30)14-15-6-8-16(9-7-15)17-10-12-18(13-11-17)26-22(31)23-28-29-24(33-23)27-20-5-3-2-4-19(20)25/h2-5,10-13,15-16H,6-9,14H2,1H3,(H,26,31)(H,27,29). The lowest BCUT2D eigenvalue weighted by molar-refractivity contribution is -0.142. The van der Waals surface area contributed by atoms with E-state index in [1.165, 1.54) is 24.8 Å². The molecular weight excluding hydrogens is 427 g/mol. The van der Waals surface area contributed by atoms with E-state index in [9.17, 15) is 14.0 Å². The van der Waals surface area contributed by atoms with Crippen molar-refractivity contribution < 1.29 is 23.1 Å². The largest absolute Gasteiger partial charge is 0.469 e. The van der Waals surface area contributed by atoms with Crippen LogP contribution in [0, 0.1) is 11.7 Å². The maximum atomic E-state index is 13.7. The van der Waals surface area contributed by atoms with E-state index in [0.29, 0.717) is 23.9 Å². The summed E-state index contributed by atoms with van der Waals surface area (Å²) in [6.45, 7) is 0. The molecule has 1 amide bonds. The van der Waals surface area contributed by atoms with Crippen LogP contribution in [-0.2, 0) is 9.53 Å². The average molecular weight is 452 g/mol. The summed E-state index contributed by atoms with van der Waals surface area (Å²) in [6, 6.07) is 13.6. The summed E-state index contributed by atoms with van der Waals surface area (Å²) in [5.41, 5.74) is 1.98. The number of aromatic nitrogens is 2. The molecule has 0 spiro atoms. The number of anilines is 3. The van der Waals surface area contributed by atoms with Crippen molar-refractivity contribution in [1.82, 2.24) is 10.2 Å². The minimum absolute atomic E-state index is 0.0802. The minimum atomic E-state index is -0.555. The first kappa shape index (κ1) is 22.4.